The van der Waals surface area contributed by atoms with E-state index in [4.69, 9.17) is 9.47 Å². The summed E-state index contributed by atoms with van der Waals surface area (Å²) in [5.74, 6) is -0.720. The Morgan fingerprint density at radius 2 is 1.74 bits per heavy atom. The van der Waals surface area contributed by atoms with Gasteiger partial charge in [0.2, 0.25) is 0 Å². The van der Waals surface area contributed by atoms with Gasteiger partial charge in [-0.25, -0.2) is 18.3 Å². The van der Waals surface area contributed by atoms with Crippen molar-refractivity contribution >= 4 is 15.7 Å². The van der Waals surface area contributed by atoms with Gasteiger partial charge in [-0.05, 0) is 67.4 Å². The third-order valence-electron chi connectivity index (χ3n) is 7.02. The Labute approximate surface area is 227 Å². The number of halogens is 1. The molecule has 1 aromatic heterocycles. The van der Waals surface area contributed by atoms with Crippen LogP contribution in [0.2, 0.25) is 0 Å². The maximum atomic E-state index is 13.6. The summed E-state index contributed by atoms with van der Waals surface area (Å²) >= 11 is 0. The zero-order chi connectivity index (χ0) is 27.9. The Morgan fingerprint density at radius 1 is 1.05 bits per heavy atom. The molecule has 0 radical (unpaired) electrons. The van der Waals surface area contributed by atoms with Crippen LogP contribution in [-0.2, 0) is 25.9 Å². The normalized spacial score (nSPS) is 15.7. The largest absolute Gasteiger partial charge is 0.494 e. The molecule has 2 aromatic carbocycles. The number of hydrogen-bond acceptors (Lipinski definition) is 8. The third-order valence-corrected chi connectivity index (χ3v) is 9.54. The number of hydroxylamine groups is 1. The van der Waals surface area contributed by atoms with Gasteiger partial charge in [-0.2, -0.15) is 5.10 Å². The molecule has 0 atom stereocenters. The molecule has 2 heterocycles. The summed E-state index contributed by atoms with van der Waals surface area (Å²) in [7, 11) is -2.50. The number of piperidine rings is 1. The van der Waals surface area contributed by atoms with E-state index in [1.54, 1.807) is 41.5 Å². The van der Waals surface area contributed by atoms with Crippen LogP contribution in [0.3, 0.4) is 0 Å². The molecule has 0 unspecified atom stereocenters. The molecule has 1 fully saturated rings. The number of benzene rings is 2. The van der Waals surface area contributed by atoms with E-state index in [2.05, 4.69) is 5.10 Å². The van der Waals surface area contributed by atoms with Gasteiger partial charge in [0.1, 0.15) is 11.6 Å². The Hall–Kier alpha value is -3.32. The van der Waals surface area contributed by atoms with Gasteiger partial charge in [0.05, 0.1) is 23.8 Å². The second kappa shape index (κ2) is 12.7. The minimum absolute atomic E-state index is 0.00587. The fourth-order valence-corrected chi connectivity index (χ4v) is 6.65. The Kier molecular flexibility index (Phi) is 9.33. The van der Waals surface area contributed by atoms with Crippen molar-refractivity contribution in [1.82, 2.24) is 20.2 Å². The fraction of sp³-hybridized carbons (Fsp3) is 0.407. The van der Waals surface area contributed by atoms with Crippen molar-refractivity contribution in [3.63, 3.8) is 0 Å². The molecular formula is C27H33FN4O6S. The molecule has 12 heteroatoms. The number of likely N-dealkylation sites (tertiary alicyclic amines) is 1. The summed E-state index contributed by atoms with van der Waals surface area (Å²) in [5, 5.41) is 13.8. The number of methoxy groups -OCH3 is 1. The van der Waals surface area contributed by atoms with E-state index < -0.39 is 20.5 Å². The van der Waals surface area contributed by atoms with Gasteiger partial charge in [-0.3, -0.25) is 14.7 Å². The molecule has 210 valence electrons. The van der Waals surface area contributed by atoms with Crippen molar-refractivity contribution in [2.24, 2.45) is 0 Å². The number of nitrogens with zero attached hydrogens (tertiary/aromatic N) is 3. The molecule has 0 aliphatic carbocycles. The highest BCUT2D eigenvalue weighted by molar-refractivity contribution is 7.93. The molecule has 1 aliphatic rings. The number of hydrogen-bond donors (Lipinski definition) is 2. The van der Waals surface area contributed by atoms with Crippen LogP contribution in [0.15, 0.2) is 65.7 Å². The van der Waals surface area contributed by atoms with E-state index in [0.717, 1.165) is 11.3 Å². The quantitative estimate of drug-likeness (QED) is 0.197. The van der Waals surface area contributed by atoms with E-state index in [9.17, 15) is 22.8 Å². The monoisotopic (exact) mass is 560 g/mol. The number of aromatic nitrogens is 2. The van der Waals surface area contributed by atoms with Gasteiger partial charge in [0.25, 0.3) is 5.91 Å². The van der Waals surface area contributed by atoms with Crippen LogP contribution in [0.25, 0.3) is 11.3 Å². The zero-order valence-corrected chi connectivity index (χ0v) is 22.6. The minimum Gasteiger partial charge on any atom is -0.494 e. The van der Waals surface area contributed by atoms with Crippen LogP contribution in [0, 0.1) is 5.82 Å². The van der Waals surface area contributed by atoms with Crippen LogP contribution < -0.4 is 10.2 Å². The lowest BCUT2D eigenvalue weighted by atomic mass is 9.95. The van der Waals surface area contributed by atoms with Crippen LogP contribution in [0.4, 0.5) is 4.39 Å². The number of sulfone groups is 1. The molecule has 10 nitrogen and oxygen atoms in total. The summed E-state index contributed by atoms with van der Waals surface area (Å²) in [4.78, 5) is 14.7. The van der Waals surface area contributed by atoms with E-state index in [1.165, 1.54) is 24.3 Å². The van der Waals surface area contributed by atoms with Crippen LogP contribution >= 0.6 is 0 Å². The number of rotatable bonds is 12. The Bertz CT molecular complexity index is 1340. The lowest BCUT2D eigenvalue weighted by Crippen LogP contribution is -2.57. The molecule has 3 aromatic rings. The van der Waals surface area contributed by atoms with Crippen molar-refractivity contribution in [3.8, 4) is 17.0 Å². The smallest absolute Gasteiger partial charge is 0.265 e. The van der Waals surface area contributed by atoms with Crippen molar-refractivity contribution in [1.29, 1.82) is 0 Å². The summed E-state index contributed by atoms with van der Waals surface area (Å²) < 4.78 is 51.2. The molecule has 2 N–H and O–H groups in total. The average molecular weight is 561 g/mol. The highest BCUT2D eigenvalue weighted by Crippen LogP contribution is 2.36. The van der Waals surface area contributed by atoms with Gasteiger partial charge in [-0.15, -0.1) is 0 Å². The minimum atomic E-state index is -4.10. The van der Waals surface area contributed by atoms with Gasteiger partial charge >= 0.3 is 0 Å². The number of nitrogens with one attached hydrogen (secondary N) is 1. The SMILES string of the molecule is COCCN1CCC(C(=O)NO)(S(=O)(=O)c2ccc(OCCCn3ccc(-c4ccc(F)cc4)n3)cc2)CC1. The van der Waals surface area contributed by atoms with Crippen LogP contribution in [0.1, 0.15) is 19.3 Å². The van der Waals surface area contributed by atoms with Crippen molar-refractivity contribution in [3.05, 3.63) is 66.6 Å². The van der Waals surface area contributed by atoms with E-state index in [-0.39, 0.29) is 23.6 Å². The van der Waals surface area contributed by atoms with Crippen LogP contribution in [-0.4, -0.2) is 78.9 Å². The highest BCUT2D eigenvalue weighted by atomic mass is 32.2. The van der Waals surface area contributed by atoms with Gasteiger partial charge in [0.15, 0.2) is 14.6 Å². The molecule has 1 saturated heterocycles. The first kappa shape index (κ1) is 28.7. The standard InChI is InChI=1S/C27H33FN4O6S/c1-37-20-18-31-16-12-27(13-17-31,26(33)30-34)39(35,36)24-9-7-23(8-10-24)38-19-2-14-32-15-11-25(29-32)21-3-5-22(28)6-4-21/h3-11,15,34H,2,12-14,16-20H2,1H3,(H,30,33). The highest BCUT2D eigenvalue weighted by Gasteiger charge is 2.52. The topological polar surface area (TPSA) is 123 Å². The molecule has 4 rings (SSSR count). The summed E-state index contributed by atoms with van der Waals surface area (Å²) in [5.41, 5.74) is 3.15. The lowest BCUT2D eigenvalue weighted by molar-refractivity contribution is -0.133. The molecule has 39 heavy (non-hydrogen) atoms. The Balaban J connectivity index is 1.33. The lowest BCUT2D eigenvalue weighted by Gasteiger charge is -2.39. The molecule has 0 saturated carbocycles. The summed E-state index contributed by atoms with van der Waals surface area (Å²) in [6.07, 6.45) is 2.61. The van der Waals surface area contributed by atoms with E-state index in [1.807, 2.05) is 17.2 Å². The first-order valence-corrected chi connectivity index (χ1v) is 14.2. The average Bonchev–Trinajstić information content (AvgIpc) is 3.43. The molecule has 0 spiro atoms. The maximum Gasteiger partial charge on any atom is 0.265 e. The number of aryl methyl sites for hydroxylation is 1. The predicted molar refractivity (Wildman–Crippen MR) is 142 cm³/mol. The first-order chi connectivity index (χ1) is 18.8. The second-order valence-electron chi connectivity index (χ2n) is 9.42. The predicted octanol–water partition coefficient (Wildman–Crippen LogP) is 2.92. The first-order valence-electron chi connectivity index (χ1n) is 12.7. The Morgan fingerprint density at radius 3 is 2.38 bits per heavy atom. The number of ether oxygens (including phenoxy) is 2. The maximum absolute atomic E-state index is 13.6. The van der Waals surface area contributed by atoms with Gasteiger partial charge in [-0.1, -0.05) is 0 Å². The summed E-state index contributed by atoms with van der Waals surface area (Å²) in [6, 6.07) is 14.0. The molecule has 1 amide bonds. The molecule has 0 bridgehead atoms. The second-order valence-corrected chi connectivity index (χ2v) is 11.7. The number of carbonyl (C=O) groups excluding carboxylic acids is 1. The van der Waals surface area contributed by atoms with E-state index in [0.29, 0.717) is 51.6 Å². The number of carbonyl (C=O) groups is 1. The van der Waals surface area contributed by atoms with Gasteiger partial charge < -0.3 is 14.4 Å². The zero-order valence-electron chi connectivity index (χ0n) is 21.8. The van der Waals surface area contributed by atoms with Crippen molar-refractivity contribution in [2.75, 3.05) is 40.0 Å². The molecule has 1 aliphatic heterocycles. The third kappa shape index (κ3) is 6.47. The van der Waals surface area contributed by atoms with Crippen molar-refractivity contribution in [2.45, 2.75) is 35.4 Å². The molecular weight excluding hydrogens is 527 g/mol. The van der Waals surface area contributed by atoms with Crippen molar-refractivity contribution < 1.29 is 32.3 Å². The number of amides is 1. The van der Waals surface area contributed by atoms with E-state index >= 15 is 0 Å². The van der Waals surface area contributed by atoms with Gasteiger partial charge in [0, 0.05) is 51.5 Å². The summed E-state index contributed by atoms with van der Waals surface area (Å²) in [6.45, 7) is 2.90. The fourth-order valence-electron chi connectivity index (χ4n) is 4.70. The van der Waals surface area contributed by atoms with Crippen LogP contribution in [0.5, 0.6) is 5.75 Å².